The van der Waals surface area contributed by atoms with Crippen LogP contribution in [0, 0.1) is 5.41 Å². The number of likely N-dealkylation sites (tertiary alicyclic amines) is 1. The van der Waals surface area contributed by atoms with Gasteiger partial charge in [-0.25, -0.2) is 0 Å². The summed E-state index contributed by atoms with van der Waals surface area (Å²) < 4.78 is 0. The van der Waals surface area contributed by atoms with E-state index in [0.717, 1.165) is 6.42 Å². The monoisotopic (exact) mass is 225 g/mol. The molecule has 0 aromatic carbocycles. The van der Waals surface area contributed by atoms with E-state index in [-0.39, 0.29) is 5.91 Å². The molecule has 1 aliphatic heterocycles. The van der Waals surface area contributed by atoms with Gasteiger partial charge in [0.2, 0.25) is 5.91 Å². The Morgan fingerprint density at radius 3 is 2.75 bits per heavy atom. The number of carbonyl (C=O) groups is 2. The quantitative estimate of drug-likeness (QED) is 0.724. The van der Waals surface area contributed by atoms with E-state index in [1.54, 1.807) is 11.0 Å². The van der Waals surface area contributed by atoms with Gasteiger partial charge in [0.1, 0.15) is 0 Å². The summed E-state index contributed by atoms with van der Waals surface area (Å²) in [4.78, 5) is 24.5. The minimum atomic E-state index is -0.775. The third-order valence-electron chi connectivity index (χ3n) is 3.21. The van der Waals surface area contributed by atoms with Crippen LogP contribution in [0.3, 0.4) is 0 Å². The zero-order chi connectivity index (χ0) is 12.2. The Kier molecular flexibility index (Phi) is 4.10. The second kappa shape index (κ2) is 5.14. The molecule has 1 aliphatic rings. The van der Waals surface area contributed by atoms with Gasteiger partial charge in [0.05, 0.1) is 5.41 Å². The fourth-order valence-corrected chi connectivity index (χ4v) is 2.30. The summed E-state index contributed by atoms with van der Waals surface area (Å²) in [5.74, 6) is -0.794. The highest BCUT2D eigenvalue weighted by Gasteiger charge is 2.44. The van der Waals surface area contributed by atoms with Gasteiger partial charge in [-0.3, -0.25) is 9.59 Å². The van der Waals surface area contributed by atoms with Gasteiger partial charge < -0.3 is 10.0 Å². The predicted molar refractivity (Wildman–Crippen MR) is 61.0 cm³/mol. The summed E-state index contributed by atoms with van der Waals surface area (Å²) in [6, 6.07) is 0. The second-order valence-corrected chi connectivity index (χ2v) is 4.39. The first-order valence-electron chi connectivity index (χ1n) is 5.68. The van der Waals surface area contributed by atoms with Crippen LogP contribution in [0.15, 0.2) is 12.7 Å². The third kappa shape index (κ3) is 2.43. The molecule has 0 saturated carbocycles. The summed E-state index contributed by atoms with van der Waals surface area (Å²) in [7, 11) is 0. The molecule has 0 aliphatic carbocycles. The smallest absolute Gasteiger partial charge is 0.311 e. The minimum absolute atomic E-state index is 0.0192. The highest BCUT2D eigenvalue weighted by molar-refractivity contribution is 5.81. The van der Waals surface area contributed by atoms with Gasteiger partial charge in [-0.15, -0.1) is 6.58 Å². The lowest BCUT2D eigenvalue weighted by Gasteiger charge is -2.24. The Morgan fingerprint density at radius 1 is 1.56 bits per heavy atom. The SMILES string of the molecule is C=CCC(=O)N1CCC(CCC)(C(=O)O)C1. The fraction of sp³-hybridized carbons (Fsp3) is 0.667. The Labute approximate surface area is 95.9 Å². The summed E-state index contributed by atoms with van der Waals surface area (Å²) >= 11 is 0. The molecular formula is C12H19NO3. The van der Waals surface area contributed by atoms with Crippen LogP contribution in [-0.2, 0) is 9.59 Å². The van der Waals surface area contributed by atoms with E-state index in [1.165, 1.54) is 0 Å². The van der Waals surface area contributed by atoms with E-state index >= 15 is 0 Å². The predicted octanol–water partition coefficient (Wildman–Crippen LogP) is 1.67. The molecule has 90 valence electrons. The lowest BCUT2D eigenvalue weighted by atomic mass is 9.83. The number of rotatable bonds is 5. The average Bonchev–Trinajstić information content (AvgIpc) is 2.64. The molecule has 4 heteroatoms. The summed E-state index contributed by atoms with van der Waals surface area (Å²) in [5, 5.41) is 9.27. The normalized spacial score (nSPS) is 24.4. The van der Waals surface area contributed by atoms with Crippen molar-refractivity contribution in [1.82, 2.24) is 4.90 Å². The molecule has 1 atom stereocenters. The first kappa shape index (κ1) is 12.7. The molecule has 0 bridgehead atoms. The van der Waals surface area contributed by atoms with Gasteiger partial charge in [-0.1, -0.05) is 19.4 Å². The molecule has 1 fully saturated rings. The largest absolute Gasteiger partial charge is 0.481 e. The van der Waals surface area contributed by atoms with Crippen LogP contribution < -0.4 is 0 Å². The van der Waals surface area contributed by atoms with E-state index < -0.39 is 11.4 Å². The highest BCUT2D eigenvalue weighted by atomic mass is 16.4. The molecule has 0 aromatic heterocycles. The number of hydrogen-bond donors (Lipinski definition) is 1. The Morgan fingerprint density at radius 2 is 2.25 bits per heavy atom. The number of aliphatic carboxylic acids is 1. The Balaban J connectivity index is 2.70. The van der Waals surface area contributed by atoms with Gasteiger partial charge in [0.15, 0.2) is 0 Å². The van der Waals surface area contributed by atoms with Crippen molar-refractivity contribution in [2.45, 2.75) is 32.6 Å². The van der Waals surface area contributed by atoms with E-state index in [9.17, 15) is 14.7 Å². The highest BCUT2D eigenvalue weighted by Crippen LogP contribution is 2.35. The van der Waals surface area contributed by atoms with Crippen LogP contribution in [-0.4, -0.2) is 35.0 Å². The van der Waals surface area contributed by atoms with Crippen LogP contribution >= 0.6 is 0 Å². The molecule has 4 nitrogen and oxygen atoms in total. The first-order valence-corrected chi connectivity index (χ1v) is 5.68. The third-order valence-corrected chi connectivity index (χ3v) is 3.21. The van der Waals surface area contributed by atoms with Crippen molar-refractivity contribution in [3.05, 3.63) is 12.7 Å². The summed E-state index contributed by atoms with van der Waals surface area (Å²) in [5.41, 5.74) is -0.717. The Bertz CT molecular complexity index is 301. The average molecular weight is 225 g/mol. The van der Waals surface area contributed by atoms with Crippen molar-refractivity contribution >= 4 is 11.9 Å². The maximum Gasteiger partial charge on any atom is 0.311 e. The molecule has 1 unspecified atom stereocenters. The maximum absolute atomic E-state index is 11.6. The van der Waals surface area contributed by atoms with Crippen molar-refractivity contribution < 1.29 is 14.7 Å². The van der Waals surface area contributed by atoms with Crippen molar-refractivity contribution in [3.63, 3.8) is 0 Å². The topological polar surface area (TPSA) is 57.6 Å². The lowest BCUT2D eigenvalue weighted by molar-refractivity contribution is -0.149. The number of carboxylic acid groups (broad SMARTS) is 1. The molecule has 1 saturated heterocycles. The molecule has 1 heterocycles. The van der Waals surface area contributed by atoms with Crippen molar-refractivity contribution in [2.75, 3.05) is 13.1 Å². The van der Waals surface area contributed by atoms with Gasteiger partial charge in [0, 0.05) is 19.5 Å². The molecule has 1 amide bonds. The van der Waals surface area contributed by atoms with Crippen LogP contribution in [0.1, 0.15) is 32.6 Å². The van der Waals surface area contributed by atoms with E-state index in [1.807, 2.05) is 6.92 Å². The van der Waals surface area contributed by atoms with Crippen LogP contribution in [0.2, 0.25) is 0 Å². The fourth-order valence-electron chi connectivity index (χ4n) is 2.30. The van der Waals surface area contributed by atoms with Gasteiger partial charge >= 0.3 is 5.97 Å². The summed E-state index contributed by atoms with van der Waals surface area (Å²) in [6.07, 6.45) is 3.89. The van der Waals surface area contributed by atoms with Crippen molar-refractivity contribution in [1.29, 1.82) is 0 Å². The van der Waals surface area contributed by atoms with Crippen LogP contribution in [0.25, 0.3) is 0 Å². The number of hydrogen-bond acceptors (Lipinski definition) is 2. The molecule has 0 radical (unpaired) electrons. The van der Waals surface area contributed by atoms with Gasteiger partial charge in [0.25, 0.3) is 0 Å². The van der Waals surface area contributed by atoms with E-state index in [2.05, 4.69) is 6.58 Å². The van der Waals surface area contributed by atoms with Gasteiger partial charge in [-0.2, -0.15) is 0 Å². The number of nitrogens with zero attached hydrogens (tertiary/aromatic N) is 1. The molecule has 1 N–H and O–H groups in total. The van der Waals surface area contributed by atoms with Crippen LogP contribution in [0.5, 0.6) is 0 Å². The van der Waals surface area contributed by atoms with Crippen LogP contribution in [0.4, 0.5) is 0 Å². The number of carbonyl (C=O) groups excluding carboxylic acids is 1. The maximum atomic E-state index is 11.6. The standard InChI is InChI=1S/C12H19NO3/c1-3-5-10(14)13-8-7-12(9-13,6-4-2)11(15)16/h3H,1,4-9H2,2H3,(H,15,16). The summed E-state index contributed by atoms with van der Waals surface area (Å²) in [6.45, 7) is 6.39. The lowest BCUT2D eigenvalue weighted by Crippen LogP contribution is -2.36. The number of carboxylic acids is 1. The Hall–Kier alpha value is -1.32. The molecular weight excluding hydrogens is 206 g/mol. The van der Waals surface area contributed by atoms with Crippen molar-refractivity contribution in [2.24, 2.45) is 5.41 Å². The molecule has 16 heavy (non-hydrogen) atoms. The minimum Gasteiger partial charge on any atom is -0.481 e. The zero-order valence-corrected chi connectivity index (χ0v) is 9.74. The van der Waals surface area contributed by atoms with E-state index in [0.29, 0.717) is 32.4 Å². The zero-order valence-electron chi connectivity index (χ0n) is 9.74. The molecule has 1 rings (SSSR count). The van der Waals surface area contributed by atoms with Gasteiger partial charge in [-0.05, 0) is 12.8 Å². The molecule has 0 spiro atoms. The van der Waals surface area contributed by atoms with E-state index in [4.69, 9.17) is 0 Å². The first-order chi connectivity index (χ1) is 7.55. The number of amides is 1. The molecule has 0 aromatic rings. The van der Waals surface area contributed by atoms with Crippen molar-refractivity contribution in [3.8, 4) is 0 Å². The second-order valence-electron chi connectivity index (χ2n) is 4.39.